The maximum Gasteiger partial charge on any atom is 0.224 e. The standard InChI is InChI=1S/C21H32N4O2.HI/c1-3-22-21(23-11-10-20(26)25-12-6-7-16(2)15-25)24-14-18-13-17-8-4-5-9-19(17)27-18;/h4-5,8-9,16,18H,3,6-7,10-15H2,1-2H3,(H2,22,23,24);1H. The second kappa shape index (κ2) is 11.5. The van der Waals surface area contributed by atoms with Crippen LogP contribution in [0.4, 0.5) is 0 Å². The van der Waals surface area contributed by atoms with Gasteiger partial charge in [-0.2, -0.15) is 0 Å². The topological polar surface area (TPSA) is 66.0 Å². The van der Waals surface area contributed by atoms with Gasteiger partial charge in [-0.1, -0.05) is 25.1 Å². The van der Waals surface area contributed by atoms with E-state index in [-0.39, 0.29) is 36.0 Å². The summed E-state index contributed by atoms with van der Waals surface area (Å²) in [5.74, 6) is 2.57. The molecule has 2 N–H and O–H groups in total. The Morgan fingerprint density at radius 3 is 2.89 bits per heavy atom. The van der Waals surface area contributed by atoms with Gasteiger partial charge in [-0.25, -0.2) is 4.99 Å². The van der Waals surface area contributed by atoms with Crippen LogP contribution in [0.1, 0.15) is 38.7 Å². The molecule has 0 aromatic heterocycles. The van der Waals surface area contributed by atoms with Crippen LogP contribution in [0.5, 0.6) is 5.75 Å². The van der Waals surface area contributed by atoms with Gasteiger partial charge in [0.05, 0.1) is 6.54 Å². The molecule has 0 aliphatic carbocycles. The van der Waals surface area contributed by atoms with E-state index in [1.165, 1.54) is 12.0 Å². The Kier molecular flexibility index (Phi) is 9.34. The van der Waals surface area contributed by atoms with Gasteiger partial charge in [0.1, 0.15) is 11.9 Å². The second-order valence-corrected chi connectivity index (χ2v) is 7.54. The zero-order chi connectivity index (χ0) is 19.1. The van der Waals surface area contributed by atoms with Crippen LogP contribution in [-0.2, 0) is 11.2 Å². The number of benzene rings is 1. The summed E-state index contributed by atoms with van der Waals surface area (Å²) in [5.41, 5.74) is 1.25. The van der Waals surface area contributed by atoms with Crippen LogP contribution in [0.3, 0.4) is 0 Å². The SMILES string of the molecule is CCNC(=NCC1Cc2ccccc2O1)NCCC(=O)N1CCCC(C)C1.I. The summed E-state index contributed by atoms with van der Waals surface area (Å²) in [4.78, 5) is 19.0. The van der Waals surface area contributed by atoms with Gasteiger partial charge in [-0.05, 0) is 37.3 Å². The first-order chi connectivity index (χ1) is 13.2. The van der Waals surface area contributed by atoms with Crippen LogP contribution in [0.15, 0.2) is 29.3 Å². The number of amides is 1. The predicted octanol–water partition coefficient (Wildman–Crippen LogP) is 2.81. The molecule has 2 heterocycles. The van der Waals surface area contributed by atoms with E-state index in [9.17, 15) is 4.79 Å². The minimum Gasteiger partial charge on any atom is -0.488 e. The Hall–Kier alpha value is -1.51. The number of halogens is 1. The van der Waals surface area contributed by atoms with Gasteiger partial charge in [0.15, 0.2) is 5.96 Å². The Morgan fingerprint density at radius 1 is 1.32 bits per heavy atom. The molecule has 1 amide bonds. The first kappa shape index (κ1) is 22.8. The highest BCUT2D eigenvalue weighted by Gasteiger charge is 2.22. The fraction of sp³-hybridized carbons (Fsp3) is 0.619. The van der Waals surface area contributed by atoms with Gasteiger partial charge >= 0.3 is 0 Å². The molecule has 156 valence electrons. The van der Waals surface area contributed by atoms with Gasteiger partial charge in [-0.3, -0.25) is 4.79 Å². The quantitative estimate of drug-likeness (QED) is 0.358. The van der Waals surface area contributed by atoms with Crippen LogP contribution in [-0.4, -0.2) is 55.6 Å². The molecule has 0 spiro atoms. The van der Waals surface area contributed by atoms with Crippen LogP contribution in [0, 0.1) is 5.92 Å². The highest BCUT2D eigenvalue weighted by atomic mass is 127. The van der Waals surface area contributed by atoms with Crippen molar-refractivity contribution in [3.05, 3.63) is 29.8 Å². The Labute approximate surface area is 185 Å². The number of hydrogen-bond donors (Lipinski definition) is 2. The van der Waals surface area contributed by atoms with Crippen molar-refractivity contribution in [1.29, 1.82) is 0 Å². The third-order valence-electron chi connectivity index (χ3n) is 5.15. The molecule has 1 aromatic carbocycles. The lowest BCUT2D eigenvalue weighted by atomic mass is 10.00. The molecule has 7 heteroatoms. The van der Waals surface area contributed by atoms with Crippen molar-refractivity contribution in [2.45, 2.75) is 45.6 Å². The number of para-hydroxylation sites is 1. The van der Waals surface area contributed by atoms with E-state index in [0.29, 0.717) is 25.4 Å². The molecule has 0 saturated carbocycles. The Morgan fingerprint density at radius 2 is 2.14 bits per heavy atom. The molecule has 2 unspecified atom stereocenters. The van der Waals surface area contributed by atoms with E-state index in [1.807, 2.05) is 30.0 Å². The van der Waals surface area contributed by atoms with Crippen LogP contribution < -0.4 is 15.4 Å². The molecule has 0 bridgehead atoms. The summed E-state index contributed by atoms with van der Waals surface area (Å²) < 4.78 is 5.94. The number of hydrogen-bond acceptors (Lipinski definition) is 3. The van der Waals surface area contributed by atoms with Crippen LogP contribution in [0.25, 0.3) is 0 Å². The number of carbonyl (C=O) groups excluding carboxylic acids is 1. The summed E-state index contributed by atoms with van der Waals surface area (Å²) >= 11 is 0. The molecule has 0 radical (unpaired) electrons. The first-order valence-corrected chi connectivity index (χ1v) is 10.2. The van der Waals surface area contributed by atoms with Gasteiger partial charge in [0.2, 0.25) is 5.91 Å². The molecular weight excluding hydrogens is 467 g/mol. The lowest BCUT2D eigenvalue weighted by Gasteiger charge is -2.31. The van der Waals surface area contributed by atoms with E-state index < -0.39 is 0 Å². The first-order valence-electron chi connectivity index (χ1n) is 10.2. The molecule has 2 atom stereocenters. The maximum absolute atomic E-state index is 12.4. The average molecular weight is 500 g/mol. The van der Waals surface area contributed by atoms with Crippen LogP contribution in [0.2, 0.25) is 0 Å². The number of nitrogens with zero attached hydrogens (tertiary/aromatic N) is 2. The van der Waals surface area contributed by atoms with Crippen molar-refractivity contribution >= 4 is 35.8 Å². The average Bonchev–Trinajstić information content (AvgIpc) is 3.09. The highest BCUT2D eigenvalue weighted by molar-refractivity contribution is 14.0. The second-order valence-electron chi connectivity index (χ2n) is 7.54. The summed E-state index contributed by atoms with van der Waals surface area (Å²) in [7, 11) is 0. The lowest BCUT2D eigenvalue weighted by Crippen LogP contribution is -2.42. The van der Waals surface area contributed by atoms with Crippen molar-refractivity contribution < 1.29 is 9.53 Å². The van der Waals surface area contributed by atoms with Crippen molar-refractivity contribution in [3.8, 4) is 5.75 Å². The number of likely N-dealkylation sites (tertiary alicyclic amines) is 1. The minimum atomic E-state index is 0. The molecule has 2 aliphatic heterocycles. The Bertz CT molecular complexity index is 643. The number of carbonyl (C=O) groups is 1. The van der Waals surface area contributed by atoms with E-state index in [4.69, 9.17) is 4.74 Å². The molecule has 28 heavy (non-hydrogen) atoms. The number of rotatable bonds is 6. The number of piperidine rings is 1. The summed E-state index contributed by atoms with van der Waals surface area (Å²) in [6.07, 6.45) is 3.82. The fourth-order valence-corrected chi connectivity index (χ4v) is 3.75. The largest absolute Gasteiger partial charge is 0.488 e. The predicted molar refractivity (Wildman–Crippen MR) is 124 cm³/mol. The zero-order valence-corrected chi connectivity index (χ0v) is 19.3. The number of guanidine groups is 1. The van der Waals surface area contributed by atoms with Gasteiger partial charge in [0, 0.05) is 39.0 Å². The summed E-state index contributed by atoms with van der Waals surface area (Å²) in [5, 5.41) is 6.53. The number of aliphatic imine (C=N–C) groups is 1. The van der Waals surface area contributed by atoms with E-state index in [0.717, 1.165) is 44.2 Å². The molecule has 1 saturated heterocycles. The molecule has 1 fully saturated rings. The lowest BCUT2D eigenvalue weighted by molar-refractivity contribution is -0.132. The Balaban J connectivity index is 0.00000280. The maximum atomic E-state index is 12.4. The van der Waals surface area contributed by atoms with Crippen LogP contribution >= 0.6 is 24.0 Å². The third kappa shape index (κ3) is 6.53. The number of fused-ring (bicyclic) bond motifs is 1. The van der Waals surface area contributed by atoms with E-state index in [1.54, 1.807) is 0 Å². The highest BCUT2D eigenvalue weighted by Crippen LogP contribution is 2.28. The van der Waals surface area contributed by atoms with Crippen molar-refractivity contribution in [3.63, 3.8) is 0 Å². The minimum absolute atomic E-state index is 0. The monoisotopic (exact) mass is 500 g/mol. The number of ether oxygens (including phenoxy) is 1. The van der Waals surface area contributed by atoms with E-state index in [2.05, 4.69) is 28.6 Å². The summed E-state index contributed by atoms with van der Waals surface area (Å²) in [6.45, 7) is 8.04. The molecule has 6 nitrogen and oxygen atoms in total. The number of nitrogens with one attached hydrogen (secondary N) is 2. The zero-order valence-electron chi connectivity index (χ0n) is 16.9. The van der Waals surface area contributed by atoms with Gasteiger partial charge < -0.3 is 20.3 Å². The smallest absolute Gasteiger partial charge is 0.224 e. The molecule has 3 rings (SSSR count). The summed E-state index contributed by atoms with van der Waals surface area (Å²) in [6, 6.07) is 8.15. The molecule has 2 aliphatic rings. The van der Waals surface area contributed by atoms with Gasteiger partial charge in [-0.15, -0.1) is 24.0 Å². The van der Waals surface area contributed by atoms with Gasteiger partial charge in [0.25, 0.3) is 0 Å². The van der Waals surface area contributed by atoms with Crippen molar-refractivity contribution in [2.75, 3.05) is 32.7 Å². The van der Waals surface area contributed by atoms with Crippen molar-refractivity contribution in [2.24, 2.45) is 10.9 Å². The third-order valence-corrected chi connectivity index (χ3v) is 5.15. The van der Waals surface area contributed by atoms with Crippen molar-refractivity contribution in [1.82, 2.24) is 15.5 Å². The molecular formula is C21H33IN4O2. The van der Waals surface area contributed by atoms with E-state index >= 15 is 0 Å². The fourth-order valence-electron chi connectivity index (χ4n) is 3.75. The normalized spacial score (nSPS) is 21.4. The molecule has 1 aromatic rings.